The van der Waals surface area contributed by atoms with Crippen molar-refractivity contribution in [2.45, 2.75) is 25.4 Å². The Hall–Kier alpha value is -1.58. The zero-order valence-corrected chi connectivity index (χ0v) is 13.4. The lowest BCUT2D eigenvalue weighted by atomic mass is 10.1. The van der Waals surface area contributed by atoms with Gasteiger partial charge in [-0.3, -0.25) is 14.5 Å². The maximum atomic E-state index is 11.4. The Labute approximate surface area is 137 Å². The first kappa shape index (κ1) is 16.8. The number of nitrogens with zero attached hydrogens (tertiary/aromatic N) is 2. The predicted molar refractivity (Wildman–Crippen MR) is 85.9 cm³/mol. The third-order valence-electron chi connectivity index (χ3n) is 3.28. The van der Waals surface area contributed by atoms with E-state index < -0.39 is 17.9 Å². The summed E-state index contributed by atoms with van der Waals surface area (Å²) in [5.41, 5.74) is 5.11. The number of thioether (sulfide) groups is 1. The van der Waals surface area contributed by atoms with Crippen LogP contribution in [0.25, 0.3) is 0 Å². The number of carboxylic acids is 1. The fourth-order valence-electron chi connectivity index (χ4n) is 2.18. The zero-order valence-electron chi connectivity index (χ0n) is 11.8. The Morgan fingerprint density at radius 2 is 2.32 bits per heavy atom. The van der Waals surface area contributed by atoms with E-state index in [4.69, 9.17) is 22.4 Å². The Morgan fingerprint density at radius 3 is 2.91 bits per heavy atom. The molecule has 22 heavy (non-hydrogen) atoms. The highest BCUT2D eigenvalue weighted by Gasteiger charge is 2.31. The second-order valence-electron chi connectivity index (χ2n) is 4.91. The van der Waals surface area contributed by atoms with Crippen molar-refractivity contribution in [3.05, 3.63) is 24.2 Å². The molecule has 1 unspecified atom stereocenters. The SMILES string of the molecule is NC(=O)CCC(C(=O)O)N1CSC(=S)N(Cc2ccco2)C1. The van der Waals surface area contributed by atoms with Gasteiger partial charge in [-0.15, -0.1) is 0 Å². The minimum Gasteiger partial charge on any atom is -0.480 e. The number of hydrogen-bond acceptors (Lipinski definition) is 6. The summed E-state index contributed by atoms with van der Waals surface area (Å²) in [5, 5.41) is 9.37. The Balaban J connectivity index is 2.02. The van der Waals surface area contributed by atoms with Gasteiger partial charge in [-0.25, -0.2) is 0 Å². The van der Waals surface area contributed by atoms with Gasteiger partial charge in [0.05, 0.1) is 25.4 Å². The highest BCUT2D eigenvalue weighted by atomic mass is 32.2. The van der Waals surface area contributed by atoms with Gasteiger partial charge in [0, 0.05) is 6.42 Å². The first-order valence-corrected chi connectivity index (χ1v) is 8.06. The van der Waals surface area contributed by atoms with Gasteiger partial charge in [-0.2, -0.15) is 0 Å². The fourth-order valence-corrected chi connectivity index (χ4v) is 3.31. The lowest BCUT2D eigenvalue weighted by molar-refractivity contribution is -0.144. The van der Waals surface area contributed by atoms with Crippen molar-refractivity contribution in [3.8, 4) is 0 Å². The monoisotopic (exact) mass is 343 g/mol. The second-order valence-corrected chi connectivity index (χ2v) is 6.48. The molecule has 1 aromatic rings. The molecule has 1 aliphatic rings. The summed E-state index contributed by atoms with van der Waals surface area (Å²) in [6.45, 7) is 0.861. The number of furan rings is 1. The molecule has 1 amide bonds. The van der Waals surface area contributed by atoms with Crippen molar-refractivity contribution in [1.29, 1.82) is 0 Å². The van der Waals surface area contributed by atoms with E-state index in [0.717, 1.165) is 5.76 Å². The number of amides is 1. The third-order valence-corrected chi connectivity index (χ3v) is 4.86. The molecule has 0 saturated carbocycles. The molecule has 0 radical (unpaired) electrons. The summed E-state index contributed by atoms with van der Waals surface area (Å²) in [6.07, 6.45) is 1.81. The van der Waals surface area contributed by atoms with Gasteiger partial charge in [-0.1, -0.05) is 24.0 Å². The van der Waals surface area contributed by atoms with E-state index in [1.165, 1.54) is 11.8 Å². The van der Waals surface area contributed by atoms with E-state index in [2.05, 4.69) is 0 Å². The van der Waals surface area contributed by atoms with E-state index in [-0.39, 0.29) is 12.8 Å². The molecule has 2 rings (SSSR count). The molecule has 9 heteroatoms. The fraction of sp³-hybridized carbons (Fsp3) is 0.462. The number of nitrogens with two attached hydrogens (primary N) is 1. The highest BCUT2D eigenvalue weighted by molar-refractivity contribution is 8.22. The molecule has 1 saturated heterocycles. The Bertz CT molecular complexity index is 549. The van der Waals surface area contributed by atoms with Crippen molar-refractivity contribution in [1.82, 2.24) is 9.80 Å². The number of thiocarbonyl (C=S) groups is 1. The average molecular weight is 343 g/mol. The first-order valence-electron chi connectivity index (χ1n) is 6.66. The van der Waals surface area contributed by atoms with Crippen molar-refractivity contribution in [3.63, 3.8) is 0 Å². The predicted octanol–water partition coefficient (Wildman–Crippen LogP) is 1.05. The van der Waals surface area contributed by atoms with Gasteiger partial charge in [0.2, 0.25) is 5.91 Å². The van der Waals surface area contributed by atoms with Crippen LogP contribution in [-0.2, 0) is 16.1 Å². The second kappa shape index (κ2) is 7.61. The van der Waals surface area contributed by atoms with Crippen LogP contribution in [0.3, 0.4) is 0 Å². The number of hydrogen-bond donors (Lipinski definition) is 2. The molecule has 1 atom stereocenters. The van der Waals surface area contributed by atoms with Crippen LogP contribution in [0.2, 0.25) is 0 Å². The van der Waals surface area contributed by atoms with E-state index in [0.29, 0.717) is 23.4 Å². The van der Waals surface area contributed by atoms with E-state index >= 15 is 0 Å². The lowest BCUT2D eigenvalue weighted by Gasteiger charge is -2.39. The van der Waals surface area contributed by atoms with Crippen LogP contribution < -0.4 is 5.73 Å². The van der Waals surface area contributed by atoms with Gasteiger partial charge in [-0.05, 0) is 18.6 Å². The number of carboxylic acid groups (broad SMARTS) is 1. The Morgan fingerprint density at radius 1 is 1.55 bits per heavy atom. The van der Waals surface area contributed by atoms with Crippen molar-refractivity contribution < 1.29 is 19.1 Å². The molecule has 1 fully saturated rings. The van der Waals surface area contributed by atoms with Crippen molar-refractivity contribution in [2.75, 3.05) is 12.5 Å². The summed E-state index contributed by atoms with van der Waals surface area (Å²) in [6, 6.07) is 2.87. The van der Waals surface area contributed by atoms with Gasteiger partial charge in [0.25, 0.3) is 0 Å². The van der Waals surface area contributed by atoms with Gasteiger partial charge in [0.15, 0.2) is 0 Å². The minimum atomic E-state index is -0.965. The van der Waals surface area contributed by atoms with Crippen LogP contribution in [0, 0.1) is 0 Å². The molecule has 1 aliphatic heterocycles. The molecule has 0 aromatic carbocycles. The molecule has 1 aromatic heterocycles. The highest BCUT2D eigenvalue weighted by Crippen LogP contribution is 2.24. The summed E-state index contributed by atoms with van der Waals surface area (Å²) in [4.78, 5) is 26.0. The van der Waals surface area contributed by atoms with Gasteiger partial charge in [0.1, 0.15) is 16.1 Å². The average Bonchev–Trinajstić information content (AvgIpc) is 2.94. The van der Waals surface area contributed by atoms with Crippen LogP contribution in [0.1, 0.15) is 18.6 Å². The summed E-state index contributed by atoms with van der Waals surface area (Å²) >= 11 is 6.71. The smallest absolute Gasteiger partial charge is 0.321 e. The molecule has 0 bridgehead atoms. The number of aliphatic carboxylic acids is 1. The summed E-state index contributed by atoms with van der Waals surface area (Å²) in [7, 11) is 0. The summed E-state index contributed by atoms with van der Waals surface area (Å²) < 4.78 is 6.00. The molecule has 0 spiro atoms. The van der Waals surface area contributed by atoms with Crippen LogP contribution >= 0.6 is 24.0 Å². The quantitative estimate of drug-likeness (QED) is 0.709. The first-order chi connectivity index (χ1) is 10.5. The molecular formula is C13H17N3O4S2. The van der Waals surface area contributed by atoms with E-state index in [1.807, 2.05) is 11.0 Å². The molecule has 7 nitrogen and oxygen atoms in total. The van der Waals surface area contributed by atoms with Gasteiger partial charge < -0.3 is 20.2 Å². The third kappa shape index (κ3) is 4.46. The summed E-state index contributed by atoms with van der Waals surface area (Å²) in [5.74, 6) is -0.233. The minimum absolute atomic E-state index is 0.0424. The molecule has 3 N–H and O–H groups in total. The van der Waals surface area contributed by atoms with Crippen LogP contribution in [0.5, 0.6) is 0 Å². The van der Waals surface area contributed by atoms with Crippen LogP contribution in [0.15, 0.2) is 22.8 Å². The molecule has 120 valence electrons. The number of carbonyl (C=O) groups is 2. The van der Waals surface area contributed by atoms with E-state index in [9.17, 15) is 14.7 Å². The van der Waals surface area contributed by atoms with Crippen LogP contribution in [-0.4, -0.2) is 49.7 Å². The molecular weight excluding hydrogens is 326 g/mol. The topological polar surface area (TPSA) is 100 Å². The maximum absolute atomic E-state index is 11.4. The number of primary amides is 1. The van der Waals surface area contributed by atoms with Gasteiger partial charge >= 0.3 is 5.97 Å². The largest absolute Gasteiger partial charge is 0.480 e. The standard InChI is InChI=1S/C13H17N3O4S2/c14-11(17)4-3-10(12(18)19)16-7-15(13(21)22-8-16)6-9-2-1-5-20-9/h1-2,5,10H,3-4,6-8H2,(H2,14,17)(H,18,19). The van der Waals surface area contributed by atoms with Crippen LogP contribution in [0.4, 0.5) is 0 Å². The zero-order chi connectivity index (χ0) is 16.1. The van der Waals surface area contributed by atoms with Crippen molar-refractivity contribution >= 4 is 40.2 Å². The number of rotatable bonds is 7. The van der Waals surface area contributed by atoms with E-state index in [1.54, 1.807) is 17.2 Å². The molecule has 2 heterocycles. The molecule has 0 aliphatic carbocycles. The Kier molecular flexibility index (Phi) is 5.81. The maximum Gasteiger partial charge on any atom is 0.321 e. The number of carbonyl (C=O) groups excluding carboxylic acids is 1. The van der Waals surface area contributed by atoms with Crippen molar-refractivity contribution in [2.24, 2.45) is 5.73 Å². The normalized spacial score (nSPS) is 17.5. The lowest BCUT2D eigenvalue weighted by Crippen LogP contribution is -2.51.